The van der Waals surface area contributed by atoms with E-state index in [0.717, 1.165) is 16.7 Å². The normalized spacial score (nSPS) is 10.6. The summed E-state index contributed by atoms with van der Waals surface area (Å²) in [7, 11) is 1.60. The van der Waals surface area contributed by atoms with Crippen LogP contribution in [-0.2, 0) is 0 Å². The fraction of sp³-hybridized carbons (Fsp3) is 0.0455. The van der Waals surface area contributed by atoms with E-state index in [4.69, 9.17) is 33.7 Å². The van der Waals surface area contributed by atoms with E-state index in [1.807, 2.05) is 42.5 Å². The fourth-order valence-electron chi connectivity index (χ4n) is 2.78. The molecule has 0 saturated heterocycles. The van der Waals surface area contributed by atoms with E-state index in [1.54, 1.807) is 25.5 Å². The average Bonchev–Trinajstić information content (AvgIpc) is 2.74. The summed E-state index contributed by atoms with van der Waals surface area (Å²) < 4.78 is 5.60. The molecule has 0 heterocycles. The number of methoxy groups -OCH3 is 1. The number of hydrogen-bond donors (Lipinski definition) is 3. The summed E-state index contributed by atoms with van der Waals surface area (Å²) >= 11 is 11.3. The van der Waals surface area contributed by atoms with E-state index in [9.17, 15) is 4.79 Å². The monoisotopic (exact) mass is 439 g/mol. The number of para-hydroxylation sites is 1. The van der Waals surface area contributed by atoms with Crippen LogP contribution < -0.4 is 15.5 Å². The van der Waals surface area contributed by atoms with Gasteiger partial charge in [0.15, 0.2) is 5.11 Å². The number of ether oxygens (including phenoxy) is 1. The zero-order valence-corrected chi connectivity index (χ0v) is 17.5. The first kappa shape index (κ1) is 21.3. The molecule has 0 radical (unpaired) electrons. The van der Waals surface area contributed by atoms with Crippen LogP contribution in [0.1, 0.15) is 15.9 Å². The highest BCUT2D eigenvalue weighted by molar-refractivity contribution is 7.80. The van der Waals surface area contributed by atoms with Gasteiger partial charge in [-0.05, 0) is 60.2 Å². The Hall–Kier alpha value is -3.42. The molecule has 0 aromatic heterocycles. The number of halogens is 1. The fourth-order valence-corrected chi connectivity index (χ4v) is 3.14. The Labute approximate surface area is 184 Å². The van der Waals surface area contributed by atoms with E-state index < -0.39 is 5.97 Å². The summed E-state index contributed by atoms with van der Waals surface area (Å²) in [4.78, 5) is 10.9. The van der Waals surface area contributed by atoms with Gasteiger partial charge in [-0.25, -0.2) is 4.79 Å². The van der Waals surface area contributed by atoms with E-state index in [2.05, 4.69) is 15.8 Å². The number of hydrazone groups is 1. The summed E-state index contributed by atoms with van der Waals surface area (Å²) in [6, 6.07) is 19.5. The number of benzene rings is 3. The molecule has 0 spiro atoms. The lowest BCUT2D eigenvalue weighted by atomic mass is 10.0. The quantitative estimate of drug-likeness (QED) is 0.284. The van der Waals surface area contributed by atoms with Crippen molar-refractivity contribution in [1.82, 2.24) is 5.43 Å². The van der Waals surface area contributed by atoms with Crippen LogP contribution >= 0.6 is 23.8 Å². The Morgan fingerprint density at radius 2 is 1.87 bits per heavy atom. The van der Waals surface area contributed by atoms with Crippen LogP contribution in [0.25, 0.3) is 11.1 Å². The molecular formula is C22H18ClN3O3S. The summed E-state index contributed by atoms with van der Waals surface area (Å²) in [5.74, 6) is -0.325. The molecule has 3 rings (SSSR count). The summed E-state index contributed by atoms with van der Waals surface area (Å²) in [5, 5.41) is 16.9. The zero-order chi connectivity index (χ0) is 21.5. The molecule has 6 nitrogen and oxygen atoms in total. The van der Waals surface area contributed by atoms with Gasteiger partial charge in [-0.1, -0.05) is 35.9 Å². The van der Waals surface area contributed by atoms with Crippen molar-refractivity contribution in [3.63, 3.8) is 0 Å². The van der Waals surface area contributed by atoms with Crippen LogP contribution in [-0.4, -0.2) is 29.5 Å². The Balaban J connectivity index is 1.70. The minimum atomic E-state index is -0.985. The second kappa shape index (κ2) is 9.87. The molecule has 0 atom stereocenters. The topological polar surface area (TPSA) is 83.0 Å². The maximum absolute atomic E-state index is 10.9. The second-order valence-electron chi connectivity index (χ2n) is 6.15. The molecule has 0 amide bonds. The largest absolute Gasteiger partial charge is 0.495 e. The Morgan fingerprint density at radius 1 is 1.13 bits per heavy atom. The van der Waals surface area contributed by atoms with E-state index in [-0.39, 0.29) is 10.7 Å². The van der Waals surface area contributed by atoms with Crippen LogP contribution in [0.2, 0.25) is 5.02 Å². The standard InChI is InChI=1S/C22H18ClN3O3S/c1-29-20-16(5-3-7-19(20)15-4-2-6-17(23)12-15)13-24-26-22(30)25-18-10-8-14(9-11-18)21(27)28/h2-13H,1H3,(H,27,28)(H2,25,26,30)/b24-13+. The molecule has 3 aromatic carbocycles. The maximum Gasteiger partial charge on any atom is 0.335 e. The highest BCUT2D eigenvalue weighted by Crippen LogP contribution is 2.33. The van der Waals surface area contributed by atoms with Crippen molar-refractivity contribution in [2.75, 3.05) is 12.4 Å². The lowest BCUT2D eigenvalue weighted by Crippen LogP contribution is -2.23. The number of hydrogen-bond acceptors (Lipinski definition) is 4. The molecule has 0 fully saturated rings. The van der Waals surface area contributed by atoms with Gasteiger partial charge in [0.2, 0.25) is 0 Å². The number of thiocarbonyl (C=S) groups is 1. The average molecular weight is 440 g/mol. The van der Waals surface area contributed by atoms with Crippen LogP contribution in [0.5, 0.6) is 5.75 Å². The minimum absolute atomic E-state index is 0.198. The van der Waals surface area contributed by atoms with E-state index >= 15 is 0 Å². The second-order valence-corrected chi connectivity index (χ2v) is 6.99. The van der Waals surface area contributed by atoms with Crippen molar-refractivity contribution in [2.24, 2.45) is 5.10 Å². The van der Waals surface area contributed by atoms with Crippen molar-refractivity contribution >= 4 is 46.8 Å². The summed E-state index contributed by atoms with van der Waals surface area (Å²) in [6.07, 6.45) is 1.61. The molecule has 0 unspecified atom stereocenters. The van der Waals surface area contributed by atoms with Crippen LogP contribution in [0, 0.1) is 0 Å². The first-order chi connectivity index (χ1) is 14.5. The molecule has 3 N–H and O–H groups in total. The predicted octanol–water partition coefficient (Wildman–Crippen LogP) is 5.03. The van der Waals surface area contributed by atoms with Gasteiger partial charge in [0.05, 0.1) is 18.9 Å². The third kappa shape index (κ3) is 5.34. The molecule has 3 aromatic rings. The number of aromatic carboxylic acids is 1. The number of anilines is 1. The number of carboxylic acids is 1. The van der Waals surface area contributed by atoms with Crippen molar-refractivity contribution in [1.29, 1.82) is 0 Å². The van der Waals surface area contributed by atoms with Crippen molar-refractivity contribution in [3.05, 3.63) is 82.9 Å². The number of nitrogens with one attached hydrogen (secondary N) is 2. The highest BCUT2D eigenvalue weighted by atomic mass is 35.5. The molecule has 0 saturated carbocycles. The van der Waals surface area contributed by atoms with Gasteiger partial charge < -0.3 is 15.2 Å². The minimum Gasteiger partial charge on any atom is -0.495 e. The summed E-state index contributed by atoms with van der Waals surface area (Å²) in [6.45, 7) is 0. The van der Waals surface area contributed by atoms with Gasteiger partial charge in [0, 0.05) is 21.8 Å². The molecule has 0 aliphatic rings. The number of rotatable bonds is 6. The lowest BCUT2D eigenvalue weighted by molar-refractivity contribution is 0.0697. The number of carbonyl (C=O) groups is 1. The molecule has 0 aliphatic heterocycles. The Morgan fingerprint density at radius 3 is 2.53 bits per heavy atom. The smallest absolute Gasteiger partial charge is 0.335 e. The van der Waals surface area contributed by atoms with Gasteiger partial charge in [-0.2, -0.15) is 5.10 Å². The SMILES string of the molecule is COc1c(/C=N/NC(=S)Nc2ccc(C(=O)O)cc2)cccc1-c1cccc(Cl)c1. The number of nitrogens with zero attached hydrogens (tertiary/aromatic N) is 1. The number of carboxylic acid groups (broad SMARTS) is 1. The van der Waals surface area contributed by atoms with Gasteiger partial charge in [0.1, 0.15) is 5.75 Å². The molecule has 30 heavy (non-hydrogen) atoms. The molecule has 0 bridgehead atoms. The van der Waals surface area contributed by atoms with E-state index in [0.29, 0.717) is 16.5 Å². The Kier molecular flexibility index (Phi) is 7.00. The molecule has 8 heteroatoms. The lowest BCUT2D eigenvalue weighted by Gasteiger charge is -2.12. The van der Waals surface area contributed by atoms with Crippen molar-refractivity contribution in [3.8, 4) is 16.9 Å². The third-order valence-corrected chi connectivity index (χ3v) is 4.57. The first-order valence-corrected chi connectivity index (χ1v) is 9.63. The molecule has 0 aliphatic carbocycles. The van der Waals surface area contributed by atoms with Crippen LogP contribution in [0.3, 0.4) is 0 Å². The van der Waals surface area contributed by atoms with Crippen LogP contribution in [0.4, 0.5) is 5.69 Å². The molecule has 152 valence electrons. The summed E-state index contributed by atoms with van der Waals surface area (Å²) in [5.41, 5.74) is 6.17. The van der Waals surface area contributed by atoms with Crippen molar-refractivity contribution in [2.45, 2.75) is 0 Å². The molecular weight excluding hydrogens is 422 g/mol. The van der Waals surface area contributed by atoms with Gasteiger partial charge in [0.25, 0.3) is 0 Å². The van der Waals surface area contributed by atoms with Gasteiger partial charge in [-0.15, -0.1) is 0 Å². The third-order valence-electron chi connectivity index (χ3n) is 4.14. The van der Waals surface area contributed by atoms with Crippen LogP contribution in [0.15, 0.2) is 71.8 Å². The van der Waals surface area contributed by atoms with Gasteiger partial charge >= 0.3 is 5.97 Å². The maximum atomic E-state index is 10.9. The highest BCUT2D eigenvalue weighted by Gasteiger charge is 2.10. The zero-order valence-electron chi connectivity index (χ0n) is 15.9. The predicted molar refractivity (Wildman–Crippen MR) is 124 cm³/mol. The van der Waals surface area contributed by atoms with Gasteiger partial charge in [-0.3, -0.25) is 5.43 Å². The van der Waals surface area contributed by atoms with E-state index in [1.165, 1.54) is 12.1 Å². The van der Waals surface area contributed by atoms with Crippen molar-refractivity contribution < 1.29 is 14.6 Å². The Bertz CT molecular complexity index is 1100. The first-order valence-electron chi connectivity index (χ1n) is 8.84.